The van der Waals surface area contributed by atoms with Gasteiger partial charge in [0.25, 0.3) is 0 Å². The molecule has 0 aromatic carbocycles. The molecule has 0 radical (unpaired) electrons. The van der Waals surface area contributed by atoms with Crippen LogP contribution in [0, 0.1) is 0 Å². The van der Waals surface area contributed by atoms with Crippen LogP contribution in [0.5, 0.6) is 0 Å². The lowest BCUT2D eigenvalue weighted by atomic mass is 9.98. The lowest BCUT2D eigenvalue weighted by Crippen LogP contribution is -2.61. The quantitative estimate of drug-likeness (QED) is 0.0193. The van der Waals surface area contributed by atoms with Crippen LogP contribution in [0.15, 0.2) is 48.6 Å². The van der Waals surface area contributed by atoms with Gasteiger partial charge in [0.1, 0.15) is 54.9 Å². The first kappa shape index (κ1) is 58.1. The predicted octanol–water partition coefficient (Wildman–Crippen LogP) is 6.79. The fourth-order valence-electron chi connectivity index (χ4n) is 7.57. The summed E-state index contributed by atoms with van der Waals surface area (Å²) in [6.45, 7) is 3.54. The molecule has 0 aromatic heterocycles. The number of aliphatic hydroxyl groups excluding tert-OH is 7. The first-order chi connectivity index (χ1) is 31.1. The number of allylic oxidation sites excluding steroid dienone is 8. The molecule has 0 aliphatic carbocycles. The second-order valence-corrected chi connectivity index (χ2v) is 17.3. The van der Waals surface area contributed by atoms with E-state index in [2.05, 4.69) is 62.5 Å². The molecule has 7 N–H and O–H groups in total. The average Bonchev–Trinajstić information content (AvgIpc) is 3.29. The molecule has 2 saturated heterocycles. The number of hydrogen-bond acceptors (Lipinski definition) is 14. The van der Waals surface area contributed by atoms with Gasteiger partial charge in [0, 0.05) is 13.0 Å². The van der Waals surface area contributed by atoms with E-state index in [0.29, 0.717) is 13.0 Å². The maximum absolute atomic E-state index is 13.0. The summed E-state index contributed by atoms with van der Waals surface area (Å²) < 4.78 is 34.2. The van der Waals surface area contributed by atoms with Gasteiger partial charge >= 0.3 is 5.97 Å². The van der Waals surface area contributed by atoms with E-state index in [9.17, 15) is 40.5 Å². The van der Waals surface area contributed by atoms with Crippen molar-refractivity contribution in [2.24, 2.45) is 0 Å². The molecule has 64 heavy (non-hydrogen) atoms. The van der Waals surface area contributed by atoms with E-state index in [1.807, 2.05) is 0 Å². The molecule has 0 aromatic rings. The number of aliphatic hydroxyl groups is 7. The molecule has 0 spiro atoms. The summed E-state index contributed by atoms with van der Waals surface area (Å²) >= 11 is 0. The van der Waals surface area contributed by atoms with Crippen molar-refractivity contribution in [2.75, 3.05) is 33.0 Å². The molecule has 2 aliphatic heterocycles. The maximum Gasteiger partial charge on any atom is 0.306 e. The third kappa shape index (κ3) is 25.7. The molecule has 11 atom stereocenters. The van der Waals surface area contributed by atoms with Crippen molar-refractivity contribution in [2.45, 2.75) is 229 Å². The third-order valence-corrected chi connectivity index (χ3v) is 11.6. The molecule has 372 valence electrons. The Kier molecular flexibility index (Phi) is 34.5. The second-order valence-electron chi connectivity index (χ2n) is 17.3. The van der Waals surface area contributed by atoms with Crippen molar-refractivity contribution in [3.8, 4) is 0 Å². The lowest BCUT2D eigenvalue weighted by Gasteiger charge is -2.42. The zero-order valence-corrected chi connectivity index (χ0v) is 39.3. The highest BCUT2D eigenvalue weighted by Gasteiger charge is 2.47. The highest BCUT2D eigenvalue weighted by molar-refractivity contribution is 5.69. The minimum absolute atomic E-state index is 0.0560. The Morgan fingerprint density at radius 1 is 0.531 bits per heavy atom. The smallest absolute Gasteiger partial charge is 0.306 e. The molecule has 2 fully saturated rings. The molecule has 2 aliphatic rings. The van der Waals surface area contributed by atoms with E-state index in [-0.39, 0.29) is 19.6 Å². The molecule has 11 unspecified atom stereocenters. The van der Waals surface area contributed by atoms with Gasteiger partial charge in [-0.2, -0.15) is 0 Å². The van der Waals surface area contributed by atoms with Gasteiger partial charge in [0.15, 0.2) is 12.6 Å². The van der Waals surface area contributed by atoms with Crippen LogP contribution in [0.1, 0.15) is 162 Å². The Labute approximate surface area is 384 Å². The largest absolute Gasteiger partial charge is 0.457 e. The van der Waals surface area contributed by atoms with Gasteiger partial charge in [-0.25, -0.2) is 0 Å². The summed E-state index contributed by atoms with van der Waals surface area (Å²) in [7, 11) is 0. The maximum atomic E-state index is 13.0. The van der Waals surface area contributed by atoms with Crippen molar-refractivity contribution in [1.29, 1.82) is 0 Å². The monoisotopic (exact) mass is 913 g/mol. The van der Waals surface area contributed by atoms with Crippen LogP contribution in [0.25, 0.3) is 0 Å². The first-order valence-electron chi connectivity index (χ1n) is 24.7. The van der Waals surface area contributed by atoms with E-state index >= 15 is 0 Å². The number of ether oxygens (including phenoxy) is 6. The van der Waals surface area contributed by atoms with Gasteiger partial charge in [-0.15, -0.1) is 0 Å². The Hall–Kier alpha value is -2.05. The Bertz CT molecular complexity index is 1240. The first-order valence-corrected chi connectivity index (χ1v) is 24.7. The second kappa shape index (κ2) is 38.0. The van der Waals surface area contributed by atoms with Crippen molar-refractivity contribution in [1.82, 2.24) is 0 Å². The lowest BCUT2D eigenvalue weighted by molar-refractivity contribution is -0.332. The molecule has 14 heteroatoms. The highest BCUT2D eigenvalue weighted by Crippen LogP contribution is 2.26. The molecule has 2 heterocycles. The standard InChI is InChI=1S/C50H88O14/c1-3-5-7-9-11-13-15-16-17-18-19-20-21-22-23-25-27-29-31-33-42(52)62-39(36-59-34-32-30-28-26-24-14-12-10-8-6-4-2)37-60-49-48(58)46(56)44(54)41(64-49)38-61-50-47(57)45(55)43(53)40(35-51)63-50/h5,7,11,13,16-17,19-20,39-41,43-51,53-58H,3-4,6,8-10,12,14-15,18,21-38H2,1-2H3/b7-5-,13-11-,17-16-,20-19-. The van der Waals surface area contributed by atoms with Gasteiger partial charge < -0.3 is 64.2 Å². The molecule has 2 rings (SSSR count). The number of carbonyl (C=O) groups is 1. The number of hydrogen-bond donors (Lipinski definition) is 7. The van der Waals surface area contributed by atoms with Crippen LogP contribution in [0.4, 0.5) is 0 Å². The topological polar surface area (TPSA) is 214 Å². The van der Waals surface area contributed by atoms with Crippen molar-refractivity contribution in [3.63, 3.8) is 0 Å². The van der Waals surface area contributed by atoms with Crippen molar-refractivity contribution in [3.05, 3.63) is 48.6 Å². The van der Waals surface area contributed by atoms with Gasteiger partial charge in [0.05, 0.1) is 26.4 Å². The van der Waals surface area contributed by atoms with E-state index in [4.69, 9.17) is 28.4 Å². The molecule has 0 bridgehead atoms. The van der Waals surface area contributed by atoms with E-state index in [0.717, 1.165) is 83.5 Å². The zero-order valence-electron chi connectivity index (χ0n) is 39.3. The number of carbonyl (C=O) groups excluding carboxylic acids is 1. The van der Waals surface area contributed by atoms with Crippen LogP contribution >= 0.6 is 0 Å². The van der Waals surface area contributed by atoms with Crippen molar-refractivity contribution < 1.29 is 69.0 Å². The van der Waals surface area contributed by atoms with Crippen molar-refractivity contribution >= 4 is 5.97 Å². The zero-order chi connectivity index (χ0) is 46.6. The van der Waals surface area contributed by atoms with Gasteiger partial charge in [-0.3, -0.25) is 4.79 Å². The molecule has 14 nitrogen and oxygen atoms in total. The Balaban J connectivity index is 1.78. The summed E-state index contributed by atoms with van der Waals surface area (Å²) in [6.07, 6.45) is 26.0. The number of esters is 1. The van der Waals surface area contributed by atoms with Gasteiger partial charge in [0.2, 0.25) is 0 Å². The fourth-order valence-corrected chi connectivity index (χ4v) is 7.57. The van der Waals surface area contributed by atoms with Crippen LogP contribution in [0.3, 0.4) is 0 Å². The van der Waals surface area contributed by atoms with Crippen LogP contribution in [-0.2, 0) is 33.2 Å². The van der Waals surface area contributed by atoms with E-state index < -0.39 is 86.7 Å². The number of unbranched alkanes of at least 4 members (excludes halogenated alkanes) is 16. The SMILES string of the molecule is CC/C=C\C/C=C\C/C=C\C/C=C\CCCCCCCCC(=O)OC(COCCCCCCCCCCCCC)COC1OC(COC2OC(CO)C(O)C(O)C2O)C(O)C(O)C1O. The number of rotatable bonds is 38. The third-order valence-electron chi connectivity index (χ3n) is 11.6. The normalized spacial score (nSPS) is 27.1. The summed E-state index contributed by atoms with van der Waals surface area (Å²) in [5.41, 5.74) is 0. The Morgan fingerprint density at radius 3 is 1.59 bits per heavy atom. The summed E-state index contributed by atoms with van der Waals surface area (Å²) in [4.78, 5) is 13.0. The molecular weight excluding hydrogens is 825 g/mol. The van der Waals surface area contributed by atoms with E-state index in [1.165, 1.54) is 51.4 Å². The van der Waals surface area contributed by atoms with Crippen LogP contribution in [-0.4, -0.2) is 142 Å². The summed E-state index contributed by atoms with van der Waals surface area (Å²) in [5.74, 6) is -0.391. The summed E-state index contributed by atoms with van der Waals surface area (Å²) in [6, 6.07) is 0. The minimum Gasteiger partial charge on any atom is -0.457 e. The highest BCUT2D eigenvalue weighted by atomic mass is 16.7. The van der Waals surface area contributed by atoms with Crippen LogP contribution < -0.4 is 0 Å². The molecule has 0 amide bonds. The van der Waals surface area contributed by atoms with Crippen LogP contribution in [0.2, 0.25) is 0 Å². The van der Waals surface area contributed by atoms with E-state index in [1.54, 1.807) is 0 Å². The van der Waals surface area contributed by atoms with Gasteiger partial charge in [-0.1, -0.05) is 152 Å². The molecule has 0 saturated carbocycles. The summed E-state index contributed by atoms with van der Waals surface area (Å²) in [5, 5.41) is 72.0. The van der Waals surface area contributed by atoms with Gasteiger partial charge in [-0.05, 0) is 51.4 Å². The Morgan fingerprint density at radius 2 is 1.02 bits per heavy atom. The minimum atomic E-state index is -1.71. The average molecular weight is 913 g/mol. The fraction of sp³-hybridized carbons (Fsp3) is 0.820. The molecular formula is C50H88O14. The predicted molar refractivity (Wildman–Crippen MR) is 247 cm³/mol.